The Balaban J connectivity index is 2.43. The lowest BCUT2D eigenvalue weighted by molar-refractivity contribution is -0.385. The molecule has 1 fully saturated rings. The second-order valence-electron chi connectivity index (χ2n) is 3.78. The standard InChI is InChI=1S/C11H14N2O3/c1-16-11-9(12-7-2-3-8-12)5-4-6-10(11)13(14)15/h4-6H,2-3,7-8H2,1H3. The summed E-state index contributed by atoms with van der Waals surface area (Å²) in [6.45, 7) is 1.88. The lowest BCUT2D eigenvalue weighted by Crippen LogP contribution is -2.18. The van der Waals surface area contributed by atoms with E-state index in [0.29, 0.717) is 5.75 Å². The zero-order valence-electron chi connectivity index (χ0n) is 9.18. The highest BCUT2D eigenvalue weighted by Crippen LogP contribution is 2.38. The van der Waals surface area contributed by atoms with Crippen LogP contribution in [0.1, 0.15) is 12.8 Å². The van der Waals surface area contributed by atoms with Crippen LogP contribution in [0.4, 0.5) is 11.4 Å². The Morgan fingerprint density at radius 1 is 1.38 bits per heavy atom. The summed E-state index contributed by atoms with van der Waals surface area (Å²) >= 11 is 0. The number of benzene rings is 1. The van der Waals surface area contributed by atoms with Gasteiger partial charge in [-0.05, 0) is 18.9 Å². The normalized spacial score (nSPS) is 15.2. The molecule has 0 radical (unpaired) electrons. The molecule has 0 aliphatic carbocycles. The second-order valence-corrected chi connectivity index (χ2v) is 3.78. The van der Waals surface area contributed by atoms with Crippen molar-refractivity contribution < 1.29 is 9.66 Å². The van der Waals surface area contributed by atoms with Gasteiger partial charge in [-0.3, -0.25) is 10.1 Å². The molecule has 0 aromatic heterocycles. The molecule has 0 amide bonds. The van der Waals surface area contributed by atoms with Crippen LogP contribution >= 0.6 is 0 Å². The SMILES string of the molecule is COc1c(N2CCCC2)cccc1[N+](=O)[O-]. The highest BCUT2D eigenvalue weighted by Gasteiger charge is 2.23. The number of anilines is 1. The largest absolute Gasteiger partial charge is 0.489 e. The van der Waals surface area contributed by atoms with Gasteiger partial charge < -0.3 is 9.64 Å². The van der Waals surface area contributed by atoms with E-state index in [1.54, 1.807) is 6.07 Å². The monoisotopic (exact) mass is 222 g/mol. The predicted octanol–water partition coefficient (Wildman–Crippen LogP) is 2.20. The molecule has 1 aliphatic rings. The molecule has 1 heterocycles. The third-order valence-electron chi connectivity index (χ3n) is 2.82. The summed E-state index contributed by atoms with van der Waals surface area (Å²) < 4.78 is 5.17. The summed E-state index contributed by atoms with van der Waals surface area (Å²) in [5.41, 5.74) is 0.862. The fourth-order valence-corrected chi connectivity index (χ4v) is 2.07. The Bertz CT molecular complexity index is 400. The van der Waals surface area contributed by atoms with Crippen molar-refractivity contribution in [1.82, 2.24) is 0 Å². The third kappa shape index (κ3) is 1.80. The molecule has 0 atom stereocenters. The predicted molar refractivity (Wildman–Crippen MR) is 61.1 cm³/mol. The summed E-state index contributed by atoms with van der Waals surface area (Å²) in [7, 11) is 1.47. The molecule has 0 spiro atoms. The van der Waals surface area contributed by atoms with Crippen LogP contribution in [0, 0.1) is 10.1 Å². The van der Waals surface area contributed by atoms with Gasteiger partial charge in [0.05, 0.1) is 17.7 Å². The maximum absolute atomic E-state index is 10.9. The highest BCUT2D eigenvalue weighted by atomic mass is 16.6. The van der Waals surface area contributed by atoms with Crippen LogP contribution in [-0.4, -0.2) is 25.1 Å². The van der Waals surface area contributed by atoms with Crippen molar-refractivity contribution >= 4 is 11.4 Å². The first-order chi connectivity index (χ1) is 7.74. The Kier molecular flexibility index (Phi) is 2.94. The van der Waals surface area contributed by atoms with E-state index in [0.717, 1.165) is 31.6 Å². The van der Waals surface area contributed by atoms with Gasteiger partial charge in [0.1, 0.15) is 0 Å². The lowest BCUT2D eigenvalue weighted by Gasteiger charge is -2.19. The lowest BCUT2D eigenvalue weighted by atomic mass is 10.2. The Morgan fingerprint density at radius 2 is 2.06 bits per heavy atom. The van der Waals surface area contributed by atoms with Gasteiger partial charge in [-0.1, -0.05) is 6.07 Å². The number of ether oxygens (including phenoxy) is 1. The second kappa shape index (κ2) is 4.38. The Morgan fingerprint density at radius 3 is 2.62 bits per heavy atom. The minimum absolute atomic E-state index is 0.0342. The van der Waals surface area contributed by atoms with Gasteiger partial charge in [0.25, 0.3) is 0 Å². The van der Waals surface area contributed by atoms with E-state index >= 15 is 0 Å². The first-order valence-electron chi connectivity index (χ1n) is 5.30. The zero-order chi connectivity index (χ0) is 11.5. The van der Waals surface area contributed by atoms with Crippen LogP contribution in [0.15, 0.2) is 18.2 Å². The summed E-state index contributed by atoms with van der Waals surface area (Å²) in [6, 6.07) is 5.05. The number of nitrogens with zero attached hydrogens (tertiary/aromatic N) is 2. The Hall–Kier alpha value is -1.78. The smallest absolute Gasteiger partial charge is 0.313 e. The first kappa shape index (κ1) is 10.7. The van der Waals surface area contributed by atoms with E-state index in [9.17, 15) is 10.1 Å². The van der Waals surface area contributed by atoms with Crippen LogP contribution in [-0.2, 0) is 0 Å². The minimum Gasteiger partial charge on any atom is -0.489 e. The average Bonchev–Trinajstić information content (AvgIpc) is 2.81. The van der Waals surface area contributed by atoms with Crippen molar-refractivity contribution in [2.45, 2.75) is 12.8 Å². The fourth-order valence-electron chi connectivity index (χ4n) is 2.07. The van der Waals surface area contributed by atoms with Crippen LogP contribution in [0.2, 0.25) is 0 Å². The number of rotatable bonds is 3. The average molecular weight is 222 g/mol. The number of hydrogen-bond donors (Lipinski definition) is 0. The summed E-state index contributed by atoms with van der Waals surface area (Å²) in [5, 5.41) is 10.9. The molecule has 2 rings (SSSR count). The molecular weight excluding hydrogens is 208 g/mol. The number of nitro benzene ring substituents is 1. The van der Waals surface area contributed by atoms with E-state index in [1.165, 1.54) is 13.2 Å². The summed E-state index contributed by atoms with van der Waals surface area (Å²) in [6.07, 6.45) is 2.26. The molecule has 1 aliphatic heterocycles. The summed E-state index contributed by atoms with van der Waals surface area (Å²) in [4.78, 5) is 12.6. The molecular formula is C11H14N2O3. The molecule has 0 N–H and O–H groups in total. The van der Waals surface area contributed by atoms with Crippen LogP contribution in [0.5, 0.6) is 5.75 Å². The molecule has 0 saturated carbocycles. The van der Waals surface area contributed by atoms with Gasteiger partial charge in [-0.25, -0.2) is 0 Å². The topological polar surface area (TPSA) is 55.6 Å². The summed E-state index contributed by atoms with van der Waals surface area (Å²) in [5.74, 6) is 0.370. The molecule has 86 valence electrons. The van der Waals surface area contributed by atoms with E-state index in [4.69, 9.17) is 4.74 Å². The van der Waals surface area contributed by atoms with E-state index in [2.05, 4.69) is 4.90 Å². The minimum atomic E-state index is -0.404. The van der Waals surface area contributed by atoms with Crippen molar-refractivity contribution in [1.29, 1.82) is 0 Å². The van der Waals surface area contributed by atoms with E-state index in [-0.39, 0.29) is 5.69 Å². The van der Waals surface area contributed by atoms with Gasteiger partial charge in [0, 0.05) is 19.2 Å². The molecule has 16 heavy (non-hydrogen) atoms. The van der Waals surface area contributed by atoms with Crippen LogP contribution in [0.25, 0.3) is 0 Å². The maximum Gasteiger partial charge on any atom is 0.313 e. The van der Waals surface area contributed by atoms with Gasteiger partial charge >= 0.3 is 5.69 Å². The molecule has 1 aromatic carbocycles. The third-order valence-corrected chi connectivity index (χ3v) is 2.82. The first-order valence-corrected chi connectivity index (χ1v) is 5.30. The molecule has 5 heteroatoms. The highest BCUT2D eigenvalue weighted by molar-refractivity contribution is 5.67. The van der Waals surface area contributed by atoms with Crippen molar-refractivity contribution in [3.63, 3.8) is 0 Å². The van der Waals surface area contributed by atoms with Crippen molar-refractivity contribution in [3.05, 3.63) is 28.3 Å². The number of hydrogen-bond acceptors (Lipinski definition) is 4. The number of nitro groups is 1. The van der Waals surface area contributed by atoms with Gasteiger partial charge in [0.2, 0.25) is 5.75 Å². The van der Waals surface area contributed by atoms with Gasteiger partial charge in [0.15, 0.2) is 0 Å². The van der Waals surface area contributed by atoms with Crippen LogP contribution < -0.4 is 9.64 Å². The fraction of sp³-hybridized carbons (Fsp3) is 0.455. The van der Waals surface area contributed by atoms with E-state index in [1.807, 2.05) is 6.07 Å². The van der Waals surface area contributed by atoms with E-state index < -0.39 is 4.92 Å². The number of methoxy groups -OCH3 is 1. The quantitative estimate of drug-likeness (QED) is 0.581. The molecule has 1 saturated heterocycles. The van der Waals surface area contributed by atoms with Crippen molar-refractivity contribution in [3.8, 4) is 5.75 Å². The number of para-hydroxylation sites is 1. The van der Waals surface area contributed by atoms with Crippen molar-refractivity contribution in [2.75, 3.05) is 25.1 Å². The van der Waals surface area contributed by atoms with Gasteiger partial charge in [-0.15, -0.1) is 0 Å². The van der Waals surface area contributed by atoms with Gasteiger partial charge in [-0.2, -0.15) is 0 Å². The van der Waals surface area contributed by atoms with Crippen molar-refractivity contribution in [2.24, 2.45) is 0 Å². The molecule has 5 nitrogen and oxygen atoms in total. The van der Waals surface area contributed by atoms with Crippen LogP contribution in [0.3, 0.4) is 0 Å². The molecule has 0 bridgehead atoms. The molecule has 0 unspecified atom stereocenters. The zero-order valence-corrected chi connectivity index (χ0v) is 9.18. The Labute approximate surface area is 93.8 Å². The maximum atomic E-state index is 10.9. The molecule has 1 aromatic rings.